The van der Waals surface area contributed by atoms with E-state index < -0.39 is 30.3 Å². The van der Waals surface area contributed by atoms with Crippen LogP contribution in [-0.2, 0) is 11.0 Å². The number of carbonyl (C=O) groups is 2. The molecule has 2 amide bonds. The quantitative estimate of drug-likeness (QED) is 0.838. The fraction of sp³-hybridized carbons (Fsp3) is 0.231. The third kappa shape index (κ3) is 5.06. The van der Waals surface area contributed by atoms with Crippen molar-refractivity contribution in [2.75, 3.05) is 18.4 Å². The molecule has 0 bridgehead atoms. The number of rotatable bonds is 4. The molecule has 0 spiro atoms. The van der Waals surface area contributed by atoms with Gasteiger partial charge in [0.2, 0.25) is 0 Å². The summed E-state index contributed by atoms with van der Waals surface area (Å²) in [5.41, 5.74) is -1.04. The molecule has 0 aliphatic heterocycles. The number of hydrogen-bond acceptors (Lipinski definition) is 2. The molecule has 0 radical (unpaired) electrons. The van der Waals surface area contributed by atoms with Crippen LogP contribution < -0.4 is 5.32 Å². The molecule has 0 saturated carbocycles. The monoisotopic (exact) mass is 300 g/mol. The van der Waals surface area contributed by atoms with Crippen molar-refractivity contribution in [2.24, 2.45) is 0 Å². The number of nitrogens with zero attached hydrogens (tertiary/aromatic N) is 1. The SMILES string of the molecule is C#CCN(CC(=O)O)C(=O)Nc1cccc(C(F)(F)F)c1. The van der Waals surface area contributed by atoms with Gasteiger partial charge in [0.25, 0.3) is 0 Å². The Morgan fingerprint density at radius 2 is 2.05 bits per heavy atom. The summed E-state index contributed by atoms with van der Waals surface area (Å²) >= 11 is 0. The highest BCUT2D eigenvalue weighted by Crippen LogP contribution is 2.30. The fourth-order valence-corrected chi connectivity index (χ4v) is 1.45. The first-order valence-corrected chi connectivity index (χ1v) is 5.62. The Bertz CT molecular complexity index is 579. The van der Waals surface area contributed by atoms with Crippen molar-refractivity contribution in [3.63, 3.8) is 0 Å². The van der Waals surface area contributed by atoms with E-state index in [-0.39, 0.29) is 12.2 Å². The Labute approximate surface area is 118 Å². The third-order valence-corrected chi connectivity index (χ3v) is 2.34. The molecular formula is C13H11F3N2O3. The fourth-order valence-electron chi connectivity index (χ4n) is 1.45. The van der Waals surface area contributed by atoms with E-state index >= 15 is 0 Å². The van der Waals surface area contributed by atoms with Crippen molar-refractivity contribution < 1.29 is 27.9 Å². The largest absolute Gasteiger partial charge is 0.480 e. The van der Waals surface area contributed by atoms with Gasteiger partial charge in [-0.05, 0) is 18.2 Å². The highest BCUT2D eigenvalue weighted by Gasteiger charge is 2.30. The molecule has 0 aliphatic carbocycles. The first kappa shape index (κ1) is 16.4. The highest BCUT2D eigenvalue weighted by molar-refractivity contribution is 5.91. The lowest BCUT2D eigenvalue weighted by Gasteiger charge is -2.19. The minimum atomic E-state index is -4.54. The lowest BCUT2D eigenvalue weighted by molar-refractivity contribution is -0.138. The second kappa shape index (κ2) is 6.65. The molecule has 5 nitrogen and oxygen atoms in total. The Hall–Kier alpha value is -2.69. The van der Waals surface area contributed by atoms with Crippen molar-refractivity contribution >= 4 is 17.7 Å². The molecule has 1 rings (SSSR count). The number of carboxylic acid groups (broad SMARTS) is 1. The minimum absolute atomic E-state index is 0.109. The van der Waals surface area contributed by atoms with Crippen molar-refractivity contribution in [2.45, 2.75) is 6.18 Å². The molecule has 0 unspecified atom stereocenters. The Morgan fingerprint density at radius 3 is 2.57 bits per heavy atom. The zero-order valence-corrected chi connectivity index (χ0v) is 10.6. The second-order valence-electron chi connectivity index (χ2n) is 3.96. The molecule has 8 heteroatoms. The Morgan fingerprint density at radius 1 is 1.38 bits per heavy atom. The van der Waals surface area contributed by atoms with Gasteiger partial charge >= 0.3 is 18.2 Å². The summed E-state index contributed by atoms with van der Waals surface area (Å²) in [6.45, 7) is -0.938. The predicted molar refractivity (Wildman–Crippen MR) is 68.5 cm³/mol. The lowest BCUT2D eigenvalue weighted by atomic mass is 10.2. The zero-order valence-electron chi connectivity index (χ0n) is 10.6. The number of nitrogens with one attached hydrogen (secondary N) is 1. The van der Waals surface area contributed by atoms with Gasteiger partial charge in [-0.3, -0.25) is 4.79 Å². The number of amides is 2. The predicted octanol–water partition coefficient (Wildman–Crippen LogP) is 2.26. The van der Waals surface area contributed by atoms with Crippen molar-refractivity contribution in [1.29, 1.82) is 0 Å². The summed E-state index contributed by atoms with van der Waals surface area (Å²) in [6.07, 6.45) is 0.463. The van der Waals surface area contributed by atoms with Crippen LogP contribution in [0, 0.1) is 12.3 Å². The summed E-state index contributed by atoms with van der Waals surface area (Å²) in [5.74, 6) is 0.810. The topological polar surface area (TPSA) is 69.6 Å². The lowest BCUT2D eigenvalue weighted by Crippen LogP contribution is -2.39. The molecule has 0 saturated heterocycles. The van der Waals surface area contributed by atoms with E-state index in [1.165, 1.54) is 6.07 Å². The third-order valence-electron chi connectivity index (χ3n) is 2.34. The van der Waals surface area contributed by atoms with Crippen molar-refractivity contribution in [3.8, 4) is 12.3 Å². The summed E-state index contributed by atoms with van der Waals surface area (Å²) in [6, 6.07) is 3.08. The molecule has 0 aliphatic rings. The first-order valence-electron chi connectivity index (χ1n) is 5.62. The van der Waals surface area contributed by atoms with Crippen molar-refractivity contribution in [1.82, 2.24) is 4.90 Å². The molecule has 2 N–H and O–H groups in total. The van der Waals surface area contributed by atoms with Gasteiger partial charge in [-0.1, -0.05) is 12.0 Å². The normalized spacial score (nSPS) is 10.6. The summed E-state index contributed by atoms with van der Waals surface area (Å²) in [5, 5.41) is 10.8. The number of terminal acetylenes is 1. The van der Waals surface area contributed by atoms with E-state index in [1.807, 2.05) is 0 Å². The van der Waals surface area contributed by atoms with Gasteiger partial charge in [0.15, 0.2) is 0 Å². The van der Waals surface area contributed by atoms with E-state index in [0.29, 0.717) is 0 Å². The number of carbonyl (C=O) groups excluding carboxylic acids is 1. The summed E-state index contributed by atoms with van der Waals surface area (Å²) < 4.78 is 37.6. The van der Waals surface area contributed by atoms with E-state index in [4.69, 9.17) is 11.5 Å². The molecule has 0 atom stereocenters. The highest BCUT2D eigenvalue weighted by atomic mass is 19.4. The van der Waals surface area contributed by atoms with Crippen LogP contribution in [0.2, 0.25) is 0 Å². The smallest absolute Gasteiger partial charge is 0.416 e. The Balaban J connectivity index is 2.86. The van der Waals surface area contributed by atoms with Crippen LogP contribution in [0.4, 0.5) is 23.7 Å². The van der Waals surface area contributed by atoms with Crippen LogP contribution >= 0.6 is 0 Å². The number of carboxylic acids is 1. The zero-order chi connectivity index (χ0) is 16.0. The number of aliphatic carboxylic acids is 1. The van der Waals surface area contributed by atoms with Crippen LogP contribution in [-0.4, -0.2) is 35.1 Å². The molecule has 0 fully saturated rings. The molecule has 1 aromatic carbocycles. The molecule has 21 heavy (non-hydrogen) atoms. The van der Waals surface area contributed by atoms with Gasteiger partial charge < -0.3 is 15.3 Å². The number of halogens is 3. The maximum atomic E-state index is 12.5. The van der Waals surface area contributed by atoms with Gasteiger partial charge in [0, 0.05) is 5.69 Å². The van der Waals surface area contributed by atoms with Gasteiger partial charge in [-0.25, -0.2) is 4.79 Å². The maximum absolute atomic E-state index is 12.5. The molecule has 0 heterocycles. The number of hydrogen-bond donors (Lipinski definition) is 2. The number of urea groups is 1. The maximum Gasteiger partial charge on any atom is 0.416 e. The van der Waals surface area contributed by atoms with Crippen LogP contribution in [0.1, 0.15) is 5.56 Å². The number of anilines is 1. The molecule has 1 aromatic rings. The number of benzene rings is 1. The van der Waals surface area contributed by atoms with E-state index in [1.54, 1.807) is 0 Å². The average molecular weight is 300 g/mol. The van der Waals surface area contributed by atoms with Gasteiger partial charge in [0.05, 0.1) is 12.1 Å². The molecule has 0 aromatic heterocycles. The van der Waals surface area contributed by atoms with Gasteiger partial charge in [0.1, 0.15) is 6.54 Å². The van der Waals surface area contributed by atoms with Gasteiger partial charge in [-0.2, -0.15) is 13.2 Å². The minimum Gasteiger partial charge on any atom is -0.480 e. The average Bonchev–Trinajstić information content (AvgIpc) is 2.37. The second-order valence-corrected chi connectivity index (χ2v) is 3.96. The van der Waals surface area contributed by atoms with E-state index in [2.05, 4.69) is 11.2 Å². The van der Waals surface area contributed by atoms with E-state index in [0.717, 1.165) is 23.1 Å². The standard InChI is InChI=1S/C13H11F3N2O3/c1-2-6-18(8-11(19)20)12(21)17-10-5-3-4-9(7-10)13(14,15)16/h1,3-5,7H,6,8H2,(H,17,21)(H,19,20). The van der Waals surface area contributed by atoms with Crippen LogP contribution in [0.15, 0.2) is 24.3 Å². The molecular weight excluding hydrogens is 289 g/mol. The van der Waals surface area contributed by atoms with E-state index in [9.17, 15) is 22.8 Å². The first-order chi connectivity index (χ1) is 9.74. The summed E-state index contributed by atoms with van der Waals surface area (Å²) in [4.78, 5) is 23.1. The Kier molecular flexibility index (Phi) is 5.18. The van der Waals surface area contributed by atoms with Crippen LogP contribution in [0.25, 0.3) is 0 Å². The number of alkyl halides is 3. The molecule has 112 valence electrons. The summed E-state index contributed by atoms with van der Waals surface area (Å²) in [7, 11) is 0. The van der Waals surface area contributed by atoms with Crippen LogP contribution in [0.3, 0.4) is 0 Å². The van der Waals surface area contributed by atoms with Crippen molar-refractivity contribution in [3.05, 3.63) is 29.8 Å². The van der Waals surface area contributed by atoms with Crippen LogP contribution in [0.5, 0.6) is 0 Å². The van der Waals surface area contributed by atoms with Gasteiger partial charge in [-0.15, -0.1) is 6.42 Å².